The first kappa shape index (κ1) is 87.1. The van der Waals surface area contributed by atoms with Crippen molar-refractivity contribution in [1.82, 2.24) is 5.32 Å². The van der Waals surface area contributed by atoms with Gasteiger partial charge in [-0.1, -0.05) is 416 Å². The Labute approximate surface area is 557 Å². The molecule has 0 radical (unpaired) electrons. The van der Waals surface area contributed by atoms with Crippen LogP contribution in [0.5, 0.6) is 0 Å². The topological polar surface area (TPSA) is 95.9 Å². The van der Waals surface area contributed by atoms with Crippen LogP contribution < -0.4 is 5.32 Å². The van der Waals surface area contributed by atoms with Gasteiger partial charge in [-0.05, 0) is 64.2 Å². The van der Waals surface area contributed by atoms with E-state index in [1.54, 1.807) is 6.08 Å². The van der Waals surface area contributed by atoms with Crippen molar-refractivity contribution in [2.75, 3.05) is 13.2 Å². The lowest BCUT2D eigenvalue weighted by atomic mass is 10.0. The second-order valence-corrected chi connectivity index (χ2v) is 28.1. The number of nitrogens with one attached hydrogen (secondary N) is 1. The minimum absolute atomic E-state index is 0.00975. The second kappa shape index (κ2) is 78.5. The lowest BCUT2D eigenvalue weighted by molar-refractivity contribution is -0.143. The predicted octanol–water partition coefficient (Wildman–Crippen LogP) is 27.0. The fourth-order valence-corrected chi connectivity index (χ4v) is 13.0. The Hall–Kier alpha value is -1.92. The number of carbonyl (C=O) groups excluding carboxylic acids is 2. The molecule has 526 valence electrons. The summed E-state index contributed by atoms with van der Waals surface area (Å²) < 4.78 is 5.50. The van der Waals surface area contributed by atoms with Gasteiger partial charge in [0.2, 0.25) is 5.91 Å². The van der Waals surface area contributed by atoms with E-state index < -0.39 is 12.1 Å². The molecule has 0 saturated carbocycles. The number of ether oxygens (including phenoxy) is 1. The number of hydrogen-bond donors (Lipinski definition) is 3. The lowest BCUT2D eigenvalue weighted by Gasteiger charge is -2.20. The van der Waals surface area contributed by atoms with Crippen LogP contribution in [0.3, 0.4) is 0 Å². The van der Waals surface area contributed by atoms with Crippen LogP contribution in [0.15, 0.2) is 36.5 Å². The molecule has 0 aliphatic rings. The Morgan fingerprint density at radius 3 is 0.876 bits per heavy atom. The molecule has 0 bridgehead atoms. The monoisotopic (exact) mass is 1250 g/mol. The number of hydrogen-bond acceptors (Lipinski definition) is 5. The molecule has 0 aliphatic heterocycles. The summed E-state index contributed by atoms with van der Waals surface area (Å²) in [5.74, 6) is -0.0480. The Morgan fingerprint density at radius 2 is 0.562 bits per heavy atom. The lowest BCUT2D eigenvalue weighted by Crippen LogP contribution is -2.45. The first-order valence-corrected chi connectivity index (χ1v) is 40.8. The molecule has 2 atom stereocenters. The van der Waals surface area contributed by atoms with Gasteiger partial charge in [-0.2, -0.15) is 0 Å². The summed E-state index contributed by atoms with van der Waals surface area (Å²) in [6.45, 7) is 4.92. The molecule has 2 unspecified atom stereocenters. The van der Waals surface area contributed by atoms with Crippen molar-refractivity contribution in [3.63, 3.8) is 0 Å². The van der Waals surface area contributed by atoms with Gasteiger partial charge in [0.1, 0.15) is 0 Å². The summed E-state index contributed by atoms with van der Waals surface area (Å²) in [4.78, 5) is 24.6. The molecule has 6 nitrogen and oxygen atoms in total. The fourth-order valence-electron chi connectivity index (χ4n) is 13.0. The molecule has 0 aliphatic carbocycles. The maximum absolute atomic E-state index is 12.5. The normalized spacial score (nSPS) is 12.6. The van der Waals surface area contributed by atoms with Gasteiger partial charge < -0.3 is 20.3 Å². The number of esters is 1. The van der Waals surface area contributed by atoms with E-state index in [-0.39, 0.29) is 18.5 Å². The quantitative estimate of drug-likeness (QED) is 0.0320. The fraction of sp³-hybridized carbons (Fsp3) is 0.904. The average molecular weight is 1250 g/mol. The van der Waals surface area contributed by atoms with E-state index in [4.69, 9.17) is 4.74 Å². The molecule has 0 aromatic rings. The molecule has 0 heterocycles. The molecular weight excluding hydrogens is 1090 g/mol. The molecular formula is C83H159NO5. The van der Waals surface area contributed by atoms with Crippen LogP contribution in [0.2, 0.25) is 0 Å². The highest BCUT2D eigenvalue weighted by molar-refractivity contribution is 5.76. The highest BCUT2D eigenvalue weighted by Crippen LogP contribution is 2.20. The van der Waals surface area contributed by atoms with Gasteiger partial charge in [-0.15, -0.1) is 0 Å². The van der Waals surface area contributed by atoms with Crippen LogP contribution in [0.25, 0.3) is 0 Å². The number of carbonyl (C=O) groups is 2. The van der Waals surface area contributed by atoms with Gasteiger partial charge in [0.05, 0.1) is 25.4 Å². The number of amides is 1. The minimum Gasteiger partial charge on any atom is -0.466 e. The number of aliphatic hydroxyl groups is 2. The third-order valence-corrected chi connectivity index (χ3v) is 19.2. The van der Waals surface area contributed by atoms with E-state index in [0.29, 0.717) is 19.4 Å². The van der Waals surface area contributed by atoms with E-state index in [1.165, 1.54) is 379 Å². The summed E-state index contributed by atoms with van der Waals surface area (Å²) in [5.41, 5.74) is 0. The van der Waals surface area contributed by atoms with Crippen molar-refractivity contribution in [3.8, 4) is 0 Å². The van der Waals surface area contributed by atoms with Gasteiger partial charge in [0.15, 0.2) is 0 Å². The minimum atomic E-state index is -0.841. The Bertz CT molecular complexity index is 1440. The maximum atomic E-state index is 12.5. The van der Waals surface area contributed by atoms with Crippen molar-refractivity contribution >= 4 is 11.9 Å². The Balaban J connectivity index is 3.32. The number of aliphatic hydroxyl groups excluding tert-OH is 2. The summed E-state index contributed by atoms with van der Waals surface area (Å²) in [6.07, 6.45) is 103. The van der Waals surface area contributed by atoms with Crippen molar-refractivity contribution in [3.05, 3.63) is 36.5 Å². The molecule has 0 fully saturated rings. The van der Waals surface area contributed by atoms with Crippen LogP contribution in [-0.4, -0.2) is 47.4 Å². The zero-order chi connectivity index (χ0) is 64.2. The first-order chi connectivity index (χ1) is 44.0. The molecule has 3 N–H and O–H groups in total. The second-order valence-electron chi connectivity index (χ2n) is 28.1. The van der Waals surface area contributed by atoms with Crippen molar-refractivity contribution < 1.29 is 24.5 Å². The zero-order valence-electron chi connectivity index (χ0n) is 60.4. The van der Waals surface area contributed by atoms with Crippen LogP contribution in [0.4, 0.5) is 0 Å². The van der Waals surface area contributed by atoms with Crippen molar-refractivity contribution in [2.45, 2.75) is 469 Å². The van der Waals surface area contributed by atoms with Gasteiger partial charge >= 0.3 is 5.97 Å². The first-order valence-electron chi connectivity index (χ1n) is 40.8. The third-order valence-electron chi connectivity index (χ3n) is 19.2. The SMILES string of the molecule is CCCCC/C=C\C/C=C\CCCCCCCC(=O)OCCCCCCCCCCCCCCCCCCCCCCCCCCCCCCCCCCCCCCCC(=O)NC(CO)C(O)/C=C/CCCCCCCCCCCCCCCCCCCC. The highest BCUT2D eigenvalue weighted by Gasteiger charge is 2.18. The molecule has 0 aromatic carbocycles. The number of unbranched alkanes of at least 4 members (excludes halogenated alkanes) is 62. The van der Waals surface area contributed by atoms with Gasteiger partial charge in [0.25, 0.3) is 0 Å². The maximum Gasteiger partial charge on any atom is 0.305 e. The van der Waals surface area contributed by atoms with E-state index in [2.05, 4.69) is 43.5 Å². The molecule has 0 saturated heterocycles. The molecule has 0 spiro atoms. The van der Waals surface area contributed by atoms with Gasteiger partial charge in [0, 0.05) is 12.8 Å². The molecule has 89 heavy (non-hydrogen) atoms. The summed E-state index contributed by atoms with van der Waals surface area (Å²) in [5, 5.41) is 23.3. The van der Waals surface area contributed by atoms with Crippen LogP contribution in [-0.2, 0) is 14.3 Å². The highest BCUT2D eigenvalue weighted by atomic mass is 16.5. The summed E-state index contributed by atoms with van der Waals surface area (Å²) >= 11 is 0. The van der Waals surface area contributed by atoms with E-state index >= 15 is 0 Å². The van der Waals surface area contributed by atoms with Gasteiger partial charge in [-0.25, -0.2) is 0 Å². The van der Waals surface area contributed by atoms with E-state index in [1.807, 2.05) is 6.08 Å². The smallest absolute Gasteiger partial charge is 0.305 e. The number of allylic oxidation sites excluding steroid dienone is 5. The average Bonchev–Trinajstić information content (AvgIpc) is 3.63. The molecule has 0 rings (SSSR count). The number of rotatable bonds is 77. The largest absolute Gasteiger partial charge is 0.466 e. The Morgan fingerprint density at radius 1 is 0.315 bits per heavy atom. The Kier molecular flexibility index (Phi) is 76.8. The summed E-state index contributed by atoms with van der Waals surface area (Å²) in [6, 6.07) is -0.624. The molecule has 1 amide bonds. The van der Waals surface area contributed by atoms with E-state index in [0.717, 1.165) is 51.4 Å². The zero-order valence-corrected chi connectivity index (χ0v) is 60.4. The van der Waals surface area contributed by atoms with Crippen LogP contribution in [0, 0.1) is 0 Å². The standard InChI is InChI=1S/C83H159NO5/c1-3-5-7-9-11-13-15-17-19-20-21-41-44-48-51-55-59-63-67-71-75-81(86)80(79-85)84-82(87)76-72-68-64-60-56-52-49-45-42-39-37-35-33-31-29-27-25-23-22-24-26-28-30-32-34-36-38-40-43-46-50-54-58-62-66-70-74-78-89-83(88)77-73-69-65-61-57-53-47-18-16-14-12-10-8-6-4-2/h12,14,18,47,71,75,80-81,85-86H,3-11,13,15-17,19-46,48-70,72-74,76-79H2,1-2H3,(H,84,87)/b14-12-,47-18-,75-71+. The predicted molar refractivity (Wildman–Crippen MR) is 393 cm³/mol. The molecule has 0 aromatic heterocycles. The van der Waals surface area contributed by atoms with Crippen molar-refractivity contribution in [2.24, 2.45) is 0 Å². The molecule has 6 heteroatoms. The van der Waals surface area contributed by atoms with Crippen LogP contribution >= 0.6 is 0 Å². The van der Waals surface area contributed by atoms with Crippen molar-refractivity contribution in [1.29, 1.82) is 0 Å². The van der Waals surface area contributed by atoms with Crippen LogP contribution in [0.1, 0.15) is 457 Å². The summed E-state index contributed by atoms with van der Waals surface area (Å²) in [7, 11) is 0. The third kappa shape index (κ3) is 75.0. The van der Waals surface area contributed by atoms with E-state index in [9.17, 15) is 19.8 Å². The van der Waals surface area contributed by atoms with Gasteiger partial charge in [-0.3, -0.25) is 9.59 Å².